The van der Waals surface area contributed by atoms with Crippen LogP contribution in [-0.4, -0.2) is 10.3 Å². The van der Waals surface area contributed by atoms with Gasteiger partial charge in [0.25, 0.3) is 0 Å². The summed E-state index contributed by atoms with van der Waals surface area (Å²) in [5, 5.41) is 3.76. The number of hydrogen-bond donors (Lipinski definition) is 1. The normalized spacial score (nSPS) is 21.2. The summed E-state index contributed by atoms with van der Waals surface area (Å²) >= 11 is 4.85. The topological polar surface area (TPSA) is 42.0 Å². The van der Waals surface area contributed by atoms with Crippen LogP contribution in [0.5, 0.6) is 0 Å². The summed E-state index contributed by atoms with van der Waals surface area (Å²) in [6.45, 7) is 2.10. The van der Waals surface area contributed by atoms with E-state index >= 15 is 0 Å². The summed E-state index contributed by atoms with van der Waals surface area (Å²) in [5.74, 6) is 0.797. The minimum absolute atomic E-state index is 0.108. The first kappa shape index (κ1) is 12.8. The molecule has 1 aromatic heterocycles. The number of amides is 1. The maximum atomic E-state index is 11.9. The zero-order valence-electron chi connectivity index (χ0n) is 10.4. The number of halogens is 1. The van der Waals surface area contributed by atoms with Crippen LogP contribution in [0.3, 0.4) is 0 Å². The van der Waals surface area contributed by atoms with Gasteiger partial charge in [0.05, 0.1) is 4.47 Å². The summed E-state index contributed by atoms with van der Waals surface area (Å²) in [6.07, 6.45) is 0.994. The van der Waals surface area contributed by atoms with Gasteiger partial charge in [-0.15, -0.1) is 0 Å². The quantitative estimate of drug-likeness (QED) is 0.913. The van der Waals surface area contributed by atoms with E-state index in [4.69, 9.17) is 0 Å². The number of rotatable bonds is 3. The number of aromatic nitrogens is 1. The van der Waals surface area contributed by atoms with E-state index in [2.05, 4.69) is 32.5 Å². The van der Waals surface area contributed by atoms with E-state index < -0.39 is 0 Å². The van der Waals surface area contributed by atoms with Crippen molar-refractivity contribution in [3.8, 4) is 11.3 Å². The number of hydrogen-bond acceptors (Lipinski definition) is 3. The Bertz CT molecular complexity index is 611. The van der Waals surface area contributed by atoms with E-state index in [9.17, 15) is 4.79 Å². The molecule has 2 aromatic rings. The average Bonchev–Trinajstić information content (AvgIpc) is 3.05. The first-order valence-electron chi connectivity index (χ1n) is 6.18. The van der Waals surface area contributed by atoms with Crippen LogP contribution in [0.25, 0.3) is 11.3 Å². The first-order chi connectivity index (χ1) is 9.16. The van der Waals surface area contributed by atoms with Crippen LogP contribution in [0, 0.1) is 11.8 Å². The summed E-state index contributed by atoms with van der Waals surface area (Å²) in [6, 6.07) is 9.94. The van der Waals surface area contributed by atoms with Crippen LogP contribution in [0.1, 0.15) is 13.3 Å². The molecule has 1 aliphatic rings. The summed E-state index contributed by atoms with van der Waals surface area (Å²) in [7, 11) is 0. The third-order valence-corrected chi connectivity index (χ3v) is 5.16. The monoisotopic (exact) mass is 336 g/mol. The highest BCUT2D eigenvalue weighted by Gasteiger charge is 2.39. The van der Waals surface area contributed by atoms with Crippen molar-refractivity contribution in [1.82, 2.24) is 4.37 Å². The fourth-order valence-electron chi connectivity index (χ4n) is 2.02. The fraction of sp³-hybridized carbons (Fsp3) is 0.286. The lowest BCUT2D eigenvalue weighted by atomic mass is 10.1. The smallest absolute Gasteiger partial charge is 0.228 e. The Kier molecular flexibility index (Phi) is 3.41. The van der Waals surface area contributed by atoms with Crippen molar-refractivity contribution in [3.05, 3.63) is 34.8 Å². The minimum Gasteiger partial charge on any atom is -0.315 e. The molecule has 0 unspecified atom stereocenters. The standard InChI is InChI=1S/C14H13BrN2OS/c1-8-7-10(8)13(18)16-14-11(15)12(17-19-14)9-5-3-2-4-6-9/h2-6,8,10H,7H2,1H3,(H,16,18)/t8-,10-/m1/s1. The van der Waals surface area contributed by atoms with Crippen molar-refractivity contribution in [2.45, 2.75) is 13.3 Å². The van der Waals surface area contributed by atoms with Crippen LogP contribution >= 0.6 is 27.5 Å². The highest BCUT2D eigenvalue weighted by atomic mass is 79.9. The molecule has 3 rings (SSSR count). The van der Waals surface area contributed by atoms with E-state index in [0.717, 1.165) is 27.2 Å². The molecule has 0 spiro atoms. The highest BCUT2D eigenvalue weighted by molar-refractivity contribution is 9.10. The molecule has 1 N–H and O–H groups in total. The number of anilines is 1. The predicted molar refractivity (Wildman–Crippen MR) is 81.2 cm³/mol. The molecule has 5 heteroatoms. The Morgan fingerprint density at radius 3 is 2.74 bits per heavy atom. The molecule has 0 bridgehead atoms. The maximum Gasteiger partial charge on any atom is 0.228 e. The van der Waals surface area contributed by atoms with Crippen molar-refractivity contribution in [2.75, 3.05) is 5.32 Å². The Morgan fingerprint density at radius 2 is 2.11 bits per heavy atom. The number of carbonyl (C=O) groups excluding carboxylic acids is 1. The van der Waals surface area contributed by atoms with Crippen LogP contribution in [-0.2, 0) is 4.79 Å². The molecule has 1 amide bonds. The molecule has 1 saturated carbocycles. The van der Waals surface area contributed by atoms with Gasteiger partial charge in [-0.2, -0.15) is 4.37 Å². The second-order valence-electron chi connectivity index (χ2n) is 4.85. The average molecular weight is 337 g/mol. The Balaban J connectivity index is 1.81. The van der Waals surface area contributed by atoms with Crippen molar-refractivity contribution in [2.24, 2.45) is 11.8 Å². The van der Waals surface area contributed by atoms with Gasteiger partial charge in [0.2, 0.25) is 5.91 Å². The SMILES string of the molecule is C[C@@H]1C[C@H]1C(=O)Nc1snc(-c2ccccc2)c1Br. The van der Waals surface area contributed by atoms with Crippen molar-refractivity contribution < 1.29 is 4.79 Å². The van der Waals surface area contributed by atoms with Gasteiger partial charge in [0.15, 0.2) is 0 Å². The van der Waals surface area contributed by atoms with Gasteiger partial charge in [-0.3, -0.25) is 4.79 Å². The summed E-state index contributed by atoms with van der Waals surface area (Å²) in [5.41, 5.74) is 1.93. The largest absolute Gasteiger partial charge is 0.315 e. The Labute approximate surface area is 124 Å². The molecular weight excluding hydrogens is 324 g/mol. The number of benzene rings is 1. The fourth-order valence-corrected chi connectivity index (χ4v) is 3.48. The zero-order chi connectivity index (χ0) is 13.4. The molecule has 0 aliphatic heterocycles. The molecule has 1 aromatic carbocycles. The molecule has 1 aliphatic carbocycles. The predicted octanol–water partition coefficient (Wildman–Crippen LogP) is 4.17. The summed E-state index contributed by atoms with van der Waals surface area (Å²) < 4.78 is 5.28. The van der Waals surface area contributed by atoms with Crippen molar-refractivity contribution in [3.63, 3.8) is 0 Å². The van der Waals surface area contributed by atoms with E-state index in [1.54, 1.807) is 0 Å². The van der Waals surface area contributed by atoms with Crippen molar-refractivity contribution in [1.29, 1.82) is 0 Å². The molecule has 0 saturated heterocycles. The molecular formula is C14H13BrN2OS. The van der Waals surface area contributed by atoms with Gasteiger partial charge in [-0.25, -0.2) is 0 Å². The third kappa shape index (κ3) is 2.58. The van der Waals surface area contributed by atoms with Crippen LogP contribution < -0.4 is 5.32 Å². The number of nitrogens with one attached hydrogen (secondary N) is 1. The molecule has 98 valence electrons. The van der Waals surface area contributed by atoms with Crippen LogP contribution in [0.2, 0.25) is 0 Å². The highest BCUT2D eigenvalue weighted by Crippen LogP contribution is 2.41. The molecule has 19 heavy (non-hydrogen) atoms. The van der Waals surface area contributed by atoms with Gasteiger partial charge in [-0.05, 0) is 39.8 Å². The molecule has 3 nitrogen and oxygen atoms in total. The Hall–Kier alpha value is -1.20. The lowest BCUT2D eigenvalue weighted by Crippen LogP contribution is -2.13. The van der Waals surface area contributed by atoms with Gasteiger partial charge in [-0.1, -0.05) is 37.3 Å². The maximum absolute atomic E-state index is 11.9. The summed E-state index contributed by atoms with van der Waals surface area (Å²) in [4.78, 5) is 11.9. The van der Waals surface area contributed by atoms with Gasteiger partial charge < -0.3 is 5.32 Å². The lowest BCUT2D eigenvalue weighted by Gasteiger charge is -2.02. The second kappa shape index (κ2) is 5.06. The van der Waals surface area contributed by atoms with E-state index in [-0.39, 0.29) is 11.8 Å². The first-order valence-corrected chi connectivity index (χ1v) is 7.75. The van der Waals surface area contributed by atoms with Gasteiger partial charge in [0, 0.05) is 11.5 Å². The van der Waals surface area contributed by atoms with E-state index in [0.29, 0.717) is 5.92 Å². The number of nitrogens with zero attached hydrogens (tertiary/aromatic N) is 1. The molecule has 2 atom stereocenters. The van der Waals surface area contributed by atoms with Gasteiger partial charge >= 0.3 is 0 Å². The number of carbonyl (C=O) groups is 1. The van der Waals surface area contributed by atoms with Crippen molar-refractivity contribution >= 4 is 38.4 Å². The molecule has 1 fully saturated rings. The van der Waals surface area contributed by atoms with Gasteiger partial charge in [0.1, 0.15) is 10.7 Å². The van der Waals surface area contributed by atoms with Crippen LogP contribution in [0.15, 0.2) is 34.8 Å². The minimum atomic E-state index is 0.108. The van der Waals surface area contributed by atoms with Crippen LogP contribution in [0.4, 0.5) is 5.00 Å². The van der Waals surface area contributed by atoms with E-state index in [1.807, 2.05) is 30.3 Å². The van der Waals surface area contributed by atoms with E-state index in [1.165, 1.54) is 11.5 Å². The second-order valence-corrected chi connectivity index (χ2v) is 6.42. The Morgan fingerprint density at radius 1 is 1.42 bits per heavy atom. The molecule has 1 heterocycles. The molecule has 0 radical (unpaired) electrons. The lowest BCUT2D eigenvalue weighted by molar-refractivity contribution is -0.117. The third-order valence-electron chi connectivity index (χ3n) is 3.37. The zero-order valence-corrected chi connectivity index (χ0v) is 12.8.